The van der Waals surface area contributed by atoms with E-state index < -0.39 is 0 Å². The number of nitrogens with zero attached hydrogens (tertiary/aromatic N) is 1. The van der Waals surface area contributed by atoms with Crippen molar-refractivity contribution in [2.45, 2.75) is 6.92 Å². The van der Waals surface area contributed by atoms with Crippen LogP contribution in [0, 0.1) is 5.82 Å². The van der Waals surface area contributed by atoms with E-state index in [2.05, 4.69) is 4.99 Å². The van der Waals surface area contributed by atoms with Crippen LogP contribution in [0.1, 0.15) is 12.5 Å². The summed E-state index contributed by atoms with van der Waals surface area (Å²) in [6.45, 7) is 2.54. The molecule has 0 aliphatic rings. The van der Waals surface area contributed by atoms with Gasteiger partial charge in [0.25, 0.3) is 0 Å². The summed E-state index contributed by atoms with van der Waals surface area (Å²) in [5, 5.41) is 0. The van der Waals surface area contributed by atoms with Crippen molar-refractivity contribution in [2.24, 2.45) is 10.7 Å². The van der Waals surface area contributed by atoms with Gasteiger partial charge in [0.1, 0.15) is 11.7 Å². The number of halogens is 1. The molecule has 1 rings (SSSR count). The molecule has 0 saturated carbocycles. The maximum atomic E-state index is 12.5. The molecule has 0 heterocycles. The molecular formula is C9H11FN2. The van der Waals surface area contributed by atoms with Crippen molar-refractivity contribution < 1.29 is 4.39 Å². The lowest BCUT2D eigenvalue weighted by Crippen LogP contribution is -2.13. The Morgan fingerprint density at radius 1 is 1.42 bits per heavy atom. The third kappa shape index (κ3) is 2.05. The zero-order valence-corrected chi connectivity index (χ0v) is 6.92. The van der Waals surface area contributed by atoms with Gasteiger partial charge in [0.15, 0.2) is 0 Å². The Morgan fingerprint density at radius 3 is 2.50 bits per heavy atom. The van der Waals surface area contributed by atoms with Gasteiger partial charge in [-0.1, -0.05) is 0 Å². The summed E-state index contributed by atoms with van der Waals surface area (Å²) in [6.07, 6.45) is 0. The zero-order chi connectivity index (χ0) is 8.97. The van der Waals surface area contributed by atoms with E-state index in [1.165, 1.54) is 12.1 Å². The molecule has 0 atom stereocenters. The summed E-state index contributed by atoms with van der Waals surface area (Å²) in [5.41, 5.74) is 6.35. The highest BCUT2D eigenvalue weighted by Crippen LogP contribution is 2.01. The molecule has 0 amide bonds. The maximum absolute atomic E-state index is 12.5. The van der Waals surface area contributed by atoms with Crippen molar-refractivity contribution in [2.75, 3.05) is 6.54 Å². The Kier molecular flexibility index (Phi) is 2.80. The molecule has 0 aliphatic heterocycles. The van der Waals surface area contributed by atoms with E-state index in [4.69, 9.17) is 5.73 Å². The van der Waals surface area contributed by atoms with E-state index in [-0.39, 0.29) is 5.82 Å². The summed E-state index contributed by atoms with van der Waals surface area (Å²) in [6, 6.07) is 5.97. The van der Waals surface area contributed by atoms with Gasteiger partial charge in [-0.05, 0) is 31.2 Å². The molecule has 0 radical (unpaired) electrons. The van der Waals surface area contributed by atoms with Gasteiger partial charge in [0.2, 0.25) is 0 Å². The molecule has 1 aromatic carbocycles. The lowest BCUT2D eigenvalue weighted by molar-refractivity contribution is 0.628. The van der Waals surface area contributed by atoms with E-state index in [9.17, 15) is 4.39 Å². The fraction of sp³-hybridized carbons (Fsp3) is 0.222. The molecule has 0 fully saturated rings. The van der Waals surface area contributed by atoms with E-state index >= 15 is 0 Å². The monoisotopic (exact) mass is 166 g/mol. The molecule has 0 aromatic heterocycles. The summed E-state index contributed by atoms with van der Waals surface area (Å²) in [5.74, 6) is 0.195. The lowest BCUT2D eigenvalue weighted by atomic mass is 10.2. The number of nitrogens with two attached hydrogens (primary N) is 1. The first-order chi connectivity index (χ1) is 5.74. The highest BCUT2D eigenvalue weighted by Gasteiger charge is 1.96. The topological polar surface area (TPSA) is 38.4 Å². The van der Waals surface area contributed by atoms with Crippen LogP contribution in [0.5, 0.6) is 0 Å². The molecule has 1 aromatic rings. The molecule has 0 spiro atoms. The zero-order valence-electron chi connectivity index (χ0n) is 6.92. The summed E-state index contributed by atoms with van der Waals surface area (Å²) >= 11 is 0. The number of rotatable bonds is 2. The van der Waals surface area contributed by atoms with Crippen LogP contribution in [-0.2, 0) is 0 Å². The Morgan fingerprint density at radius 2 is 2.00 bits per heavy atom. The standard InChI is InChI=1S/C9H11FN2/c1-2-12-9(11)7-3-5-8(10)6-4-7/h3-6H,2H2,1H3,(H2,11,12). The molecule has 0 unspecified atom stereocenters. The Labute approximate surface area is 70.9 Å². The van der Waals surface area contributed by atoms with Crippen LogP contribution >= 0.6 is 0 Å². The van der Waals surface area contributed by atoms with Crippen LogP contribution in [0.4, 0.5) is 4.39 Å². The Balaban J connectivity index is 2.89. The second-order valence-electron chi connectivity index (χ2n) is 2.37. The van der Waals surface area contributed by atoms with Crippen molar-refractivity contribution in [1.29, 1.82) is 0 Å². The van der Waals surface area contributed by atoms with E-state index in [0.29, 0.717) is 12.4 Å². The van der Waals surface area contributed by atoms with Crippen molar-refractivity contribution >= 4 is 5.84 Å². The van der Waals surface area contributed by atoms with Gasteiger partial charge in [-0.3, -0.25) is 4.99 Å². The molecule has 0 saturated heterocycles. The van der Waals surface area contributed by atoms with Gasteiger partial charge in [-0.2, -0.15) is 0 Å². The third-order valence-corrected chi connectivity index (χ3v) is 1.47. The number of benzene rings is 1. The van der Waals surface area contributed by atoms with Gasteiger partial charge in [0.05, 0.1) is 0 Å². The van der Waals surface area contributed by atoms with Crippen LogP contribution in [0.25, 0.3) is 0 Å². The lowest BCUT2D eigenvalue weighted by Gasteiger charge is -1.98. The predicted octanol–water partition coefficient (Wildman–Crippen LogP) is 1.55. The van der Waals surface area contributed by atoms with Crippen molar-refractivity contribution in [1.82, 2.24) is 0 Å². The quantitative estimate of drug-likeness (QED) is 0.525. The van der Waals surface area contributed by atoms with E-state index in [0.717, 1.165) is 5.56 Å². The van der Waals surface area contributed by atoms with Crippen LogP contribution in [0.3, 0.4) is 0 Å². The molecule has 64 valence electrons. The second kappa shape index (κ2) is 3.85. The van der Waals surface area contributed by atoms with E-state index in [1.54, 1.807) is 12.1 Å². The smallest absolute Gasteiger partial charge is 0.125 e. The maximum Gasteiger partial charge on any atom is 0.125 e. The average Bonchev–Trinajstić information content (AvgIpc) is 2.06. The fourth-order valence-electron chi connectivity index (χ4n) is 0.882. The van der Waals surface area contributed by atoms with Crippen LogP contribution in [-0.4, -0.2) is 12.4 Å². The third-order valence-electron chi connectivity index (χ3n) is 1.47. The van der Waals surface area contributed by atoms with Crippen LogP contribution < -0.4 is 5.73 Å². The number of aliphatic imine (C=N–C) groups is 1. The van der Waals surface area contributed by atoms with Crippen molar-refractivity contribution in [3.05, 3.63) is 35.6 Å². The highest BCUT2D eigenvalue weighted by molar-refractivity contribution is 5.97. The molecule has 3 heteroatoms. The molecule has 12 heavy (non-hydrogen) atoms. The first kappa shape index (κ1) is 8.71. The largest absolute Gasteiger partial charge is 0.384 e. The van der Waals surface area contributed by atoms with Crippen molar-refractivity contribution in [3.8, 4) is 0 Å². The van der Waals surface area contributed by atoms with Crippen LogP contribution in [0.15, 0.2) is 29.3 Å². The Bertz CT molecular complexity index is 277. The molecule has 0 aliphatic carbocycles. The fourth-order valence-corrected chi connectivity index (χ4v) is 0.882. The molecule has 0 bridgehead atoms. The van der Waals surface area contributed by atoms with Crippen LogP contribution in [0.2, 0.25) is 0 Å². The summed E-state index contributed by atoms with van der Waals surface area (Å²) in [7, 11) is 0. The molecular weight excluding hydrogens is 155 g/mol. The highest BCUT2D eigenvalue weighted by atomic mass is 19.1. The minimum atomic E-state index is -0.261. The molecule has 2 N–H and O–H groups in total. The predicted molar refractivity (Wildman–Crippen MR) is 47.7 cm³/mol. The van der Waals surface area contributed by atoms with Gasteiger partial charge in [-0.15, -0.1) is 0 Å². The first-order valence-electron chi connectivity index (χ1n) is 3.80. The number of hydrogen-bond donors (Lipinski definition) is 1. The van der Waals surface area contributed by atoms with E-state index in [1.807, 2.05) is 6.92 Å². The molecule has 2 nitrogen and oxygen atoms in total. The summed E-state index contributed by atoms with van der Waals surface area (Å²) < 4.78 is 12.5. The average molecular weight is 166 g/mol. The van der Waals surface area contributed by atoms with Gasteiger partial charge < -0.3 is 5.73 Å². The van der Waals surface area contributed by atoms with Gasteiger partial charge in [0, 0.05) is 12.1 Å². The number of hydrogen-bond acceptors (Lipinski definition) is 1. The minimum Gasteiger partial charge on any atom is -0.384 e. The van der Waals surface area contributed by atoms with Gasteiger partial charge >= 0.3 is 0 Å². The SMILES string of the molecule is CCN=C(N)c1ccc(F)cc1. The first-order valence-corrected chi connectivity index (χ1v) is 3.80. The Hall–Kier alpha value is -1.38. The summed E-state index contributed by atoms with van der Waals surface area (Å²) in [4.78, 5) is 4.00. The minimum absolute atomic E-state index is 0.261. The second-order valence-corrected chi connectivity index (χ2v) is 2.37. The normalized spacial score (nSPS) is 11.7. The van der Waals surface area contributed by atoms with Crippen molar-refractivity contribution in [3.63, 3.8) is 0 Å². The van der Waals surface area contributed by atoms with Gasteiger partial charge in [-0.25, -0.2) is 4.39 Å². The number of amidine groups is 1.